The van der Waals surface area contributed by atoms with Crippen molar-refractivity contribution in [2.45, 2.75) is 68.0 Å². The summed E-state index contributed by atoms with van der Waals surface area (Å²) in [5.41, 5.74) is 2.76. The van der Waals surface area contributed by atoms with Crippen LogP contribution in [0.1, 0.15) is 49.8 Å². The number of rotatable bonds is 8. The lowest BCUT2D eigenvalue weighted by atomic mass is 10.1. The number of pyridine rings is 1. The van der Waals surface area contributed by atoms with Gasteiger partial charge in [0.05, 0.1) is 5.69 Å². The van der Waals surface area contributed by atoms with Gasteiger partial charge in [-0.2, -0.15) is 0 Å². The van der Waals surface area contributed by atoms with Gasteiger partial charge in [-0.3, -0.25) is 0 Å². The molecule has 5 nitrogen and oxygen atoms in total. The number of hydrogen-bond donors (Lipinski definition) is 1. The largest absolute Gasteiger partial charge is 0.457 e. The van der Waals surface area contributed by atoms with Crippen LogP contribution in [0.5, 0.6) is 11.5 Å². The van der Waals surface area contributed by atoms with E-state index in [1.54, 1.807) is 35.7 Å². The second-order valence-corrected chi connectivity index (χ2v) is 10.9. The number of thioether (sulfide) groups is 2. The first-order chi connectivity index (χ1) is 18.0. The number of urea groups is 1. The average molecular weight is 540 g/mol. The van der Waals surface area contributed by atoms with E-state index in [9.17, 15) is 9.18 Å². The van der Waals surface area contributed by atoms with Gasteiger partial charge < -0.3 is 15.0 Å². The minimum Gasteiger partial charge on any atom is -0.457 e. The summed E-state index contributed by atoms with van der Waals surface area (Å²) >= 11 is 3.16. The number of ether oxygens (including phenoxy) is 1. The quantitative estimate of drug-likeness (QED) is 0.230. The van der Waals surface area contributed by atoms with Gasteiger partial charge in [0.2, 0.25) is 0 Å². The summed E-state index contributed by atoms with van der Waals surface area (Å²) in [4.78, 5) is 21.5. The molecule has 4 rings (SSSR count). The van der Waals surface area contributed by atoms with E-state index in [1.165, 1.54) is 25.0 Å². The van der Waals surface area contributed by atoms with Gasteiger partial charge in [0.1, 0.15) is 22.3 Å². The molecule has 0 bridgehead atoms. The lowest BCUT2D eigenvalue weighted by Crippen LogP contribution is -2.42. The van der Waals surface area contributed by atoms with Gasteiger partial charge in [-0.15, -0.1) is 23.5 Å². The van der Waals surface area contributed by atoms with E-state index < -0.39 is 0 Å². The second-order valence-electron chi connectivity index (χ2n) is 9.25. The fraction of sp³-hybridized carbons (Fsp3) is 0.379. The molecule has 0 saturated heterocycles. The summed E-state index contributed by atoms with van der Waals surface area (Å²) in [6.07, 6.45) is 10.7. The maximum Gasteiger partial charge on any atom is 0.322 e. The Hall–Kier alpha value is -2.71. The van der Waals surface area contributed by atoms with Crippen LogP contribution in [0.15, 0.2) is 64.5 Å². The number of carbonyl (C=O) groups excluding carboxylic acids is 1. The molecule has 0 aliphatic heterocycles. The molecule has 37 heavy (non-hydrogen) atoms. The van der Waals surface area contributed by atoms with Crippen LogP contribution in [0.2, 0.25) is 0 Å². The molecule has 1 heterocycles. The van der Waals surface area contributed by atoms with Gasteiger partial charge in [0.15, 0.2) is 0 Å². The number of anilines is 1. The van der Waals surface area contributed by atoms with Crippen molar-refractivity contribution in [3.63, 3.8) is 0 Å². The molecule has 1 saturated carbocycles. The van der Waals surface area contributed by atoms with Gasteiger partial charge in [-0.25, -0.2) is 14.2 Å². The van der Waals surface area contributed by atoms with Crippen LogP contribution in [0.25, 0.3) is 0 Å². The molecule has 0 spiro atoms. The standard InChI is InChI=1S/C29H34FN3O2S2/c1-20-18-26(36-2)27(28(31-20)37-3)32-29(34)33(23-8-6-4-5-7-9-23)19-21-10-14-24(15-11-21)35-25-16-12-22(30)13-17-25/h10-18,23H,4-9,19H2,1-3H3,(H,32,34). The number of amides is 2. The first-order valence-corrected chi connectivity index (χ1v) is 15.1. The normalized spacial score (nSPS) is 14.2. The topological polar surface area (TPSA) is 54.5 Å². The third-order valence-corrected chi connectivity index (χ3v) is 8.02. The van der Waals surface area contributed by atoms with Crippen molar-refractivity contribution in [1.29, 1.82) is 0 Å². The van der Waals surface area contributed by atoms with Gasteiger partial charge in [0, 0.05) is 23.2 Å². The summed E-state index contributed by atoms with van der Waals surface area (Å²) in [6.45, 7) is 2.49. The van der Waals surface area contributed by atoms with Gasteiger partial charge in [-0.1, -0.05) is 37.8 Å². The number of halogens is 1. The molecule has 8 heteroatoms. The van der Waals surface area contributed by atoms with Gasteiger partial charge in [0.25, 0.3) is 0 Å². The molecule has 0 atom stereocenters. The second kappa shape index (κ2) is 13.2. The predicted molar refractivity (Wildman–Crippen MR) is 152 cm³/mol. The number of nitrogens with one attached hydrogen (secondary N) is 1. The van der Waals surface area contributed by atoms with Crippen LogP contribution in [0, 0.1) is 12.7 Å². The van der Waals surface area contributed by atoms with E-state index in [-0.39, 0.29) is 17.9 Å². The average Bonchev–Trinajstić information content (AvgIpc) is 3.19. The van der Waals surface area contributed by atoms with Gasteiger partial charge in [-0.05, 0) is 80.3 Å². The van der Waals surface area contributed by atoms with Crippen molar-refractivity contribution in [2.75, 3.05) is 17.8 Å². The highest BCUT2D eigenvalue weighted by Gasteiger charge is 2.26. The van der Waals surface area contributed by atoms with Crippen LogP contribution in [-0.2, 0) is 6.54 Å². The maximum absolute atomic E-state index is 13.8. The van der Waals surface area contributed by atoms with Crippen molar-refractivity contribution < 1.29 is 13.9 Å². The lowest BCUT2D eigenvalue weighted by molar-refractivity contribution is 0.175. The number of aromatic nitrogens is 1. The van der Waals surface area contributed by atoms with Crippen LogP contribution in [-0.4, -0.2) is 34.5 Å². The van der Waals surface area contributed by atoms with Crippen molar-refractivity contribution in [3.05, 3.63) is 71.7 Å². The minimum atomic E-state index is -0.296. The molecule has 1 fully saturated rings. The molecule has 2 amide bonds. The van der Waals surface area contributed by atoms with Gasteiger partial charge >= 0.3 is 6.03 Å². The number of aryl methyl sites for hydroxylation is 1. The number of benzene rings is 2. The highest BCUT2D eigenvalue weighted by Crippen LogP contribution is 2.34. The van der Waals surface area contributed by atoms with Crippen LogP contribution in [0.3, 0.4) is 0 Å². The molecule has 1 aliphatic carbocycles. The summed E-state index contributed by atoms with van der Waals surface area (Å²) in [7, 11) is 0. The fourth-order valence-electron chi connectivity index (χ4n) is 4.65. The molecule has 196 valence electrons. The van der Waals surface area contributed by atoms with Crippen LogP contribution in [0.4, 0.5) is 14.9 Å². The molecule has 0 unspecified atom stereocenters. The summed E-state index contributed by atoms with van der Waals surface area (Å²) < 4.78 is 19.0. The molecule has 2 aromatic carbocycles. The Balaban J connectivity index is 1.54. The van der Waals surface area contributed by atoms with E-state index in [4.69, 9.17) is 4.74 Å². The molecule has 3 aromatic rings. The fourth-order valence-corrected chi connectivity index (χ4v) is 5.96. The van der Waals surface area contributed by atoms with Crippen LogP contribution < -0.4 is 10.1 Å². The highest BCUT2D eigenvalue weighted by molar-refractivity contribution is 7.99. The maximum atomic E-state index is 13.8. The lowest BCUT2D eigenvalue weighted by Gasteiger charge is -2.32. The third kappa shape index (κ3) is 7.42. The zero-order chi connectivity index (χ0) is 26.2. The number of hydrogen-bond acceptors (Lipinski definition) is 5. The van der Waals surface area contributed by atoms with Crippen molar-refractivity contribution in [1.82, 2.24) is 9.88 Å². The molecular formula is C29H34FN3O2S2. The van der Waals surface area contributed by atoms with Crippen LogP contribution >= 0.6 is 23.5 Å². The highest BCUT2D eigenvalue weighted by atomic mass is 32.2. The van der Waals surface area contributed by atoms with Crippen molar-refractivity contribution in [2.24, 2.45) is 0 Å². The zero-order valence-corrected chi connectivity index (χ0v) is 23.3. The Morgan fingerprint density at radius 2 is 1.62 bits per heavy atom. The zero-order valence-electron chi connectivity index (χ0n) is 21.6. The molecular weight excluding hydrogens is 505 g/mol. The summed E-state index contributed by atoms with van der Waals surface area (Å²) in [5.74, 6) is 0.950. The van der Waals surface area contributed by atoms with E-state index in [0.717, 1.165) is 52.5 Å². The Morgan fingerprint density at radius 3 is 2.22 bits per heavy atom. The van der Waals surface area contributed by atoms with E-state index in [2.05, 4.69) is 10.3 Å². The number of nitrogens with zero attached hydrogens (tertiary/aromatic N) is 2. The Morgan fingerprint density at radius 1 is 1.00 bits per heavy atom. The van der Waals surface area contributed by atoms with E-state index in [0.29, 0.717) is 18.0 Å². The first kappa shape index (κ1) is 27.3. The monoisotopic (exact) mass is 539 g/mol. The predicted octanol–water partition coefficient (Wildman–Crippen LogP) is 8.52. The summed E-state index contributed by atoms with van der Waals surface area (Å²) in [6, 6.07) is 15.8. The summed E-state index contributed by atoms with van der Waals surface area (Å²) in [5, 5.41) is 4.06. The smallest absolute Gasteiger partial charge is 0.322 e. The molecule has 1 N–H and O–H groups in total. The Kier molecular flexibility index (Phi) is 9.75. The molecule has 1 aromatic heterocycles. The minimum absolute atomic E-state index is 0.0882. The Labute approximate surface area is 227 Å². The number of carbonyl (C=O) groups is 1. The SMILES string of the molecule is CSc1cc(C)nc(SC)c1NC(=O)N(Cc1ccc(Oc2ccc(F)cc2)cc1)C1CCCCCC1. The Bertz CT molecular complexity index is 1160. The molecule has 0 radical (unpaired) electrons. The van der Waals surface area contributed by atoms with E-state index in [1.807, 2.05) is 54.7 Å². The van der Waals surface area contributed by atoms with E-state index >= 15 is 0 Å². The van der Waals surface area contributed by atoms with Crippen molar-refractivity contribution >= 4 is 35.2 Å². The third-order valence-electron chi connectivity index (χ3n) is 6.58. The first-order valence-electron chi connectivity index (χ1n) is 12.7. The molecule has 1 aliphatic rings. The van der Waals surface area contributed by atoms with Crippen molar-refractivity contribution in [3.8, 4) is 11.5 Å².